The van der Waals surface area contributed by atoms with Crippen LogP contribution in [0, 0.1) is 0 Å². The Hall–Kier alpha value is -2.24. The zero-order chi connectivity index (χ0) is 12.0. The molecule has 0 saturated heterocycles. The van der Waals surface area contributed by atoms with Gasteiger partial charge in [0.2, 0.25) is 0 Å². The molecule has 0 aliphatic rings. The fourth-order valence-corrected chi connectivity index (χ4v) is 1.24. The minimum Gasteiger partial charge on any atom is -0.465 e. The molecule has 0 aliphatic carbocycles. The molecule has 0 atom stereocenters. The Kier molecular flexibility index (Phi) is 4.14. The van der Waals surface area contributed by atoms with E-state index in [2.05, 4.69) is 10.6 Å². The number of amides is 2. The van der Waals surface area contributed by atoms with E-state index >= 15 is 0 Å². The van der Waals surface area contributed by atoms with Crippen LogP contribution in [-0.4, -0.2) is 22.4 Å². The number of hydrogen-bond acceptors (Lipinski definition) is 2. The third-order valence-electron chi connectivity index (χ3n) is 1.98. The molecule has 0 bridgehead atoms. The minimum atomic E-state index is -1.11. The first-order valence-electron chi connectivity index (χ1n) is 4.60. The van der Waals surface area contributed by atoms with Crippen LogP contribution in [0.2, 0.25) is 0 Å². The summed E-state index contributed by atoms with van der Waals surface area (Å²) in [5.74, 6) is 0. The first-order chi connectivity index (χ1) is 7.59. The third kappa shape index (κ3) is 3.87. The summed E-state index contributed by atoms with van der Waals surface area (Å²) in [5.41, 5.74) is 1.50. The van der Waals surface area contributed by atoms with E-state index in [1.807, 2.05) is 0 Å². The fourth-order valence-electron chi connectivity index (χ4n) is 1.24. The van der Waals surface area contributed by atoms with Crippen LogP contribution >= 0.6 is 0 Å². The van der Waals surface area contributed by atoms with E-state index in [1.54, 1.807) is 24.3 Å². The number of hydrogen-bond donors (Lipinski definition) is 4. The molecule has 0 unspecified atom stereocenters. The van der Waals surface area contributed by atoms with Gasteiger partial charge in [0.25, 0.3) is 0 Å². The summed E-state index contributed by atoms with van der Waals surface area (Å²) in [5, 5.41) is 21.4. The molecular weight excluding hydrogens is 212 g/mol. The predicted molar refractivity (Wildman–Crippen MR) is 56.2 cm³/mol. The summed E-state index contributed by atoms with van der Waals surface area (Å²) in [6, 6.07) is 7.02. The number of benzene rings is 1. The van der Waals surface area contributed by atoms with Crippen molar-refractivity contribution >= 4 is 12.2 Å². The van der Waals surface area contributed by atoms with Crippen LogP contribution < -0.4 is 10.6 Å². The second kappa shape index (κ2) is 5.59. The highest BCUT2D eigenvalue weighted by molar-refractivity contribution is 5.65. The summed E-state index contributed by atoms with van der Waals surface area (Å²) in [7, 11) is 0. The van der Waals surface area contributed by atoms with Gasteiger partial charge in [-0.2, -0.15) is 0 Å². The van der Waals surface area contributed by atoms with Crippen LogP contribution in [0.5, 0.6) is 0 Å². The largest absolute Gasteiger partial charge is 0.465 e. The van der Waals surface area contributed by atoms with E-state index < -0.39 is 12.2 Å². The monoisotopic (exact) mass is 224 g/mol. The second-order valence-corrected chi connectivity index (χ2v) is 3.09. The zero-order valence-electron chi connectivity index (χ0n) is 8.43. The van der Waals surface area contributed by atoms with Crippen molar-refractivity contribution in [1.82, 2.24) is 10.6 Å². The summed E-state index contributed by atoms with van der Waals surface area (Å²) in [6.07, 6.45) is -2.22. The van der Waals surface area contributed by atoms with Crippen molar-refractivity contribution in [3.05, 3.63) is 35.4 Å². The SMILES string of the molecule is O=C(O)NCc1ccccc1CNC(=O)O. The Labute approximate surface area is 91.9 Å². The average molecular weight is 224 g/mol. The molecule has 4 N–H and O–H groups in total. The molecule has 6 nitrogen and oxygen atoms in total. The van der Waals surface area contributed by atoms with Crippen molar-refractivity contribution in [3.63, 3.8) is 0 Å². The maximum Gasteiger partial charge on any atom is 0.404 e. The maximum absolute atomic E-state index is 10.3. The van der Waals surface area contributed by atoms with E-state index in [4.69, 9.17) is 10.2 Å². The van der Waals surface area contributed by atoms with Crippen LogP contribution in [0.25, 0.3) is 0 Å². The van der Waals surface area contributed by atoms with Crippen LogP contribution in [0.15, 0.2) is 24.3 Å². The van der Waals surface area contributed by atoms with Crippen molar-refractivity contribution in [3.8, 4) is 0 Å². The molecule has 0 saturated carbocycles. The number of rotatable bonds is 4. The van der Waals surface area contributed by atoms with Gasteiger partial charge in [0.15, 0.2) is 0 Å². The Balaban J connectivity index is 2.67. The van der Waals surface area contributed by atoms with Gasteiger partial charge in [-0.1, -0.05) is 24.3 Å². The highest BCUT2D eigenvalue weighted by Crippen LogP contribution is 2.08. The van der Waals surface area contributed by atoms with Crippen molar-refractivity contribution in [2.75, 3.05) is 0 Å². The lowest BCUT2D eigenvalue weighted by molar-refractivity contribution is 0.192. The second-order valence-electron chi connectivity index (χ2n) is 3.09. The maximum atomic E-state index is 10.3. The number of carboxylic acid groups (broad SMARTS) is 2. The molecule has 2 amide bonds. The van der Waals surface area contributed by atoms with Gasteiger partial charge >= 0.3 is 12.2 Å². The van der Waals surface area contributed by atoms with Crippen molar-refractivity contribution < 1.29 is 19.8 Å². The summed E-state index contributed by atoms with van der Waals surface area (Å²) < 4.78 is 0. The van der Waals surface area contributed by atoms with Crippen molar-refractivity contribution in [2.45, 2.75) is 13.1 Å². The lowest BCUT2D eigenvalue weighted by atomic mass is 10.1. The van der Waals surface area contributed by atoms with Crippen LogP contribution in [0.4, 0.5) is 9.59 Å². The Morgan fingerprint density at radius 3 is 1.62 bits per heavy atom. The van der Waals surface area contributed by atoms with E-state index in [-0.39, 0.29) is 13.1 Å². The highest BCUT2D eigenvalue weighted by Gasteiger charge is 2.04. The highest BCUT2D eigenvalue weighted by atomic mass is 16.4. The summed E-state index contributed by atoms with van der Waals surface area (Å²) in [4.78, 5) is 20.7. The Bertz CT molecular complexity index is 355. The fraction of sp³-hybridized carbons (Fsp3) is 0.200. The van der Waals surface area contributed by atoms with Gasteiger partial charge in [-0.25, -0.2) is 9.59 Å². The van der Waals surface area contributed by atoms with Gasteiger partial charge in [0.05, 0.1) is 0 Å². The molecule has 0 aliphatic heterocycles. The van der Waals surface area contributed by atoms with Gasteiger partial charge in [0, 0.05) is 13.1 Å². The summed E-state index contributed by atoms with van der Waals surface area (Å²) >= 11 is 0. The van der Waals surface area contributed by atoms with Gasteiger partial charge in [-0.05, 0) is 11.1 Å². The van der Waals surface area contributed by atoms with Gasteiger partial charge < -0.3 is 20.8 Å². The van der Waals surface area contributed by atoms with E-state index in [1.165, 1.54) is 0 Å². The molecule has 1 aromatic rings. The molecule has 86 valence electrons. The van der Waals surface area contributed by atoms with E-state index in [9.17, 15) is 9.59 Å². The molecule has 0 radical (unpaired) electrons. The quantitative estimate of drug-likeness (QED) is 0.618. The van der Waals surface area contributed by atoms with E-state index in [0.29, 0.717) is 0 Å². The zero-order valence-corrected chi connectivity index (χ0v) is 8.43. The molecule has 1 aromatic carbocycles. The van der Waals surface area contributed by atoms with Gasteiger partial charge in [0.1, 0.15) is 0 Å². The Morgan fingerprint density at radius 1 is 0.938 bits per heavy atom. The van der Waals surface area contributed by atoms with Gasteiger partial charge in [-0.3, -0.25) is 0 Å². The van der Waals surface area contributed by atoms with Crippen LogP contribution in [0.1, 0.15) is 11.1 Å². The third-order valence-corrected chi connectivity index (χ3v) is 1.98. The molecule has 0 heterocycles. The lowest BCUT2D eigenvalue weighted by Crippen LogP contribution is -2.24. The number of nitrogens with one attached hydrogen (secondary N) is 2. The molecule has 6 heteroatoms. The first kappa shape index (κ1) is 11.8. The van der Waals surface area contributed by atoms with Crippen LogP contribution in [-0.2, 0) is 13.1 Å². The summed E-state index contributed by atoms with van der Waals surface area (Å²) in [6.45, 7) is 0.319. The standard InChI is InChI=1S/C10H12N2O4/c13-9(14)11-5-7-3-1-2-4-8(7)6-12-10(15)16/h1-4,11-12H,5-6H2,(H,13,14)(H,15,16). The minimum absolute atomic E-state index is 0.160. The van der Waals surface area contributed by atoms with Crippen LogP contribution in [0.3, 0.4) is 0 Å². The van der Waals surface area contributed by atoms with E-state index in [0.717, 1.165) is 11.1 Å². The Morgan fingerprint density at radius 2 is 1.31 bits per heavy atom. The first-order valence-corrected chi connectivity index (χ1v) is 4.60. The molecule has 0 fully saturated rings. The predicted octanol–water partition coefficient (Wildman–Crippen LogP) is 1.22. The number of carbonyl (C=O) groups is 2. The molecule has 1 rings (SSSR count). The topological polar surface area (TPSA) is 98.7 Å². The smallest absolute Gasteiger partial charge is 0.404 e. The van der Waals surface area contributed by atoms with Crippen molar-refractivity contribution in [1.29, 1.82) is 0 Å². The lowest BCUT2D eigenvalue weighted by Gasteiger charge is -2.08. The van der Waals surface area contributed by atoms with Gasteiger partial charge in [-0.15, -0.1) is 0 Å². The molecule has 0 aromatic heterocycles. The molecule has 0 spiro atoms. The van der Waals surface area contributed by atoms with Crippen molar-refractivity contribution in [2.24, 2.45) is 0 Å². The average Bonchev–Trinajstić information content (AvgIpc) is 2.24. The normalized spacial score (nSPS) is 9.50. The molecular formula is C10H12N2O4. The molecule has 16 heavy (non-hydrogen) atoms.